The summed E-state index contributed by atoms with van der Waals surface area (Å²) in [4.78, 5) is 11.4. The predicted octanol–water partition coefficient (Wildman–Crippen LogP) is 1.76. The molecule has 3 heteroatoms. The van der Waals surface area contributed by atoms with Gasteiger partial charge in [0.05, 0.1) is 13.5 Å². The van der Waals surface area contributed by atoms with Gasteiger partial charge in [-0.1, -0.05) is 19.1 Å². The highest BCUT2D eigenvalue weighted by Crippen LogP contribution is 2.11. The SMILES string of the molecule is CCCNC(=O)Cc1ccc(OC)cc1. The maximum Gasteiger partial charge on any atom is 0.224 e. The van der Waals surface area contributed by atoms with Gasteiger partial charge in [-0.15, -0.1) is 0 Å². The van der Waals surface area contributed by atoms with Crippen molar-refractivity contribution in [3.8, 4) is 5.75 Å². The maximum atomic E-state index is 11.4. The van der Waals surface area contributed by atoms with Gasteiger partial charge >= 0.3 is 0 Å². The van der Waals surface area contributed by atoms with Crippen molar-refractivity contribution in [1.29, 1.82) is 0 Å². The Morgan fingerprint density at radius 3 is 2.53 bits per heavy atom. The molecule has 0 unspecified atom stereocenters. The van der Waals surface area contributed by atoms with Gasteiger partial charge in [-0.25, -0.2) is 0 Å². The van der Waals surface area contributed by atoms with Crippen LogP contribution in [-0.2, 0) is 11.2 Å². The van der Waals surface area contributed by atoms with Crippen LogP contribution in [0.1, 0.15) is 18.9 Å². The van der Waals surface area contributed by atoms with E-state index in [1.54, 1.807) is 7.11 Å². The Kier molecular flexibility index (Phi) is 4.68. The first-order valence-electron chi connectivity index (χ1n) is 5.16. The van der Waals surface area contributed by atoms with Crippen LogP contribution in [0.25, 0.3) is 0 Å². The van der Waals surface area contributed by atoms with E-state index < -0.39 is 0 Å². The summed E-state index contributed by atoms with van der Waals surface area (Å²) in [6, 6.07) is 7.54. The molecule has 82 valence electrons. The van der Waals surface area contributed by atoms with Crippen molar-refractivity contribution in [2.45, 2.75) is 19.8 Å². The molecule has 0 bridgehead atoms. The highest BCUT2D eigenvalue weighted by molar-refractivity contribution is 5.78. The van der Waals surface area contributed by atoms with Crippen LogP contribution in [0.2, 0.25) is 0 Å². The van der Waals surface area contributed by atoms with E-state index in [0.29, 0.717) is 6.42 Å². The van der Waals surface area contributed by atoms with Gasteiger partial charge in [0, 0.05) is 6.54 Å². The standard InChI is InChI=1S/C12H17NO2/c1-3-8-13-12(14)9-10-4-6-11(15-2)7-5-10/h4-7H,3,8-9H2,1-2H3,(H,13,14). The molecule has 0 heterocycles. The number of carbonyl (C=O) groups excluding carboxylic acids is 1. The third kappa shape index (κ3) is 4.02. The zero-order chi connectivity index (χ0) is 11.1. The molecule has 3 nitrogen and oxygen atoms in total. The highest BCUT2D eigenvalue weighted by atomic mass is 16.5. The fourth-order valence-electron chi connectivity index (χ4n) is 1.26. The topological polar surface area (TPSA) is 38.3 Å². The summed E-state index contributed by atoms with van der Waals surface area (Å²) in [5.74, 6) is 0.884. The molecule has 0 fully saturated rings. The maximum absolute atomic E-state index is 11.4. The minimum atomic E-state index is 0.0713. The van der Waals surface area contributed by atoms with Crippen molar-refractivity contribution >= 4 is 5.91 Å². The zero-order valence-corrected chi connectivity index (χ0v) is 9.25. The van der Waals surface area contributed by atoms with E-state index in [1.165, 1.54) is 0 Å². The summed E-state index contributed by atoms with van der Waals surface area (Å²) >= 11 is 0. The molecule has 15 heavy (non-hydrogen) atoms. The van der Waals surface area contributed by atoms with Crippen LogP contribution >= 0.6 is 0 Å². The number of amides is 1. The third-order valence-electron chi connectivity index (χ3n) is 2.10. The van der Waals surface area contributed by atoms with Crippen molar-refractivity contribution in [2.75, 3.05) is 13.7 Å². The molecule has 1 amide bonds. The molecule has 1 rings (SSSR count). The summed E-state index contributed by atoms with van der Waals surface area (Å²) < 4.78 is 5.04. The van der Waals surface area contributed by atoms with Crippen LogP contribution in [0.15, 0.2) is 24.3 Å². The van der Waals surface area contributed by atoms with E-state index in [0.717, 1.165) is 24.3 Å². The molecule has 0 atom stereocenters. The van der Waals surface area contributed by atoms with E-state index in [-0.39, 0.29) is 5.91 Å². The molecule has 0 radical (unpaired) electrons. The first kappa shape index (κ1) is 11.6. The van der Waals surface area contributed by atoms with E-state index in [4.69, 9.17) is 4.74 Å². The van der Waals surface area contributed by atoms with Crippen molar-refractivity contribution in [3.63, 3.8) is 0 Å². The average molecular weight is 207 g/mol. The second-order valence-corrected chi connectivity index (χ2v) is 3.37. The average Bonchev–Trinajstić information content (AvgIpc) is 2.27. The molecular weight excluding hydrogens is 190 g/mol. The van der Waals surface area contributed by atoms with Crippen LogP contribution in [0.4, 0.5) is 0 Å². The summed E-state index contributed by atoms with van der Waals surface area (Å²) in [6.45, 7) is 2.78. The quantitative estimate of drug-likeness (QED) is 0.799. The number of methoxy groups -OCH3 is 1. The Bertz CT molecular complexity index is 306. The molecule has 0 saturated carbocycles. The molecule has 0 saturated heterocycles. The first-order chi connectivity index (χ1) is 7.26. The molecule has 1 aromatic carbocycles. The Hall–Kier alpha value is -1.51. The fraction of sp³-hybridized carbons (Fsp3) is 0.417. The van der Waals surface area contributed by atoms with Crippen molar-refractivity contribution in [3.05, 3.63) is 29.8 Å². The highest BCUT2D eigenvalue weighted by Gasteiger charge is 2.01. The molecule has 0 aromatic heterocycles. The van der Waals surface area contributed by atoms with Crippen molar-refractivity contribution in [2.24, 2.45) is 0 Å². The molecule has 0 aliphatic heterocycles. The Morgan fingerprint density at radius 1 is 1.33 bits per heavy atom. The second kappa shape index (κ2) is 6.06. The normalized spacial score (nSPS) is 9.73. The van der Waals surface area contributed by atoms with E-state index >= 15 is 0 Å². The van der Waals surface area contributed by atoms with E-state index in [9.17, 15) is 4.79 Å². The van der Waals surface area contributed by atoms with Gasteiger partial charge in [-0.05, 0) is 24.1 Å². The van der Waals surface area contributed by atoms with Gasteiger partial charge in [0.2, 0.25) is 5.91 Å². The molecule has 0 aliphatic rings. The predicted molar refractivity (Wildman–Crippen MR) is 60.0 cm³/mol. The summed E-state index contributed by atoms with van der Waals surface area (Å²) in [5.41, 5.74) is 1.00. The number of carbonyl (C=O) groups is 1. The first-order valence-corrected chi connectivity index (χ1v) is 5.16. The van der Waals surface area contributed by atoms with Crippen molar-refractivity contribution < 1.29 is 9.53 Å². The minimum absolute atomic E-state index is 0.0713. The van der Waals surface area contributed by atoms with Gasteiger partial charge in [-0.3, -0.25) is 4.79 Å². The van der Waals surface area contributed by atoms with Crippen molar-refractivity contribution in [1.82, 2.24) is 5.32 Å². The molecule has 1 N–H and O–H groups in total. The van der Waals surface area contributed by atoms with Gasteiger partial charge in [0.15, 0.2) is 0 Å². The van der Waals surface area contributed by atoms with Crippen LogP contribution < -0.4 is 10.1 Å². The summed E-state index contributed by atoms with van der Waals surface area (Å²) in [6.07, 6.45) is 1.40. The largest absolute Gasteiger partial charge is 0.497 e. The molecule has 0 spiro atoms. The third-order valence-corrected chi connectivity index (χ3v) is 2.10. The summed E-state index contributed by atoms with van der Waals surface area (Å²) in [7, 11) is 1.63. The Labute approximate surface area is 90.4 Å². The molecule has 0 aliphatic carbocycles. The monoisotopic (exact) mass is 207 g/mol. The summed E-state index contributed by atoms with van der Waals surface area (Å²) in [5, 5.41) is 2.84. The number of nitrogens with one attached hydrogen (secondary N) is 1. The van der Waals surface area contributed by atoms with E-state index in [1.807, 2.05) is 31.2 Å². The number of ether oxygens (including phenoxy) is 1. The lowest BCUT2D eigenvalue weighted by molar-refractivity contribution is -0.120. The number of hydrogen-bond donors (Lipinski definition) is 1. The number of rotatable bonds is 5. The van der Waals surface area contributed by atoms with Gasteiger partial charge < -0.3 is 10.1 Å². The van der Waals surface area contributed by atoms with Gasteiger partial charge in [0.1, 0.15) is 5.75 Å². The number of hydrogen-bond acceptors (Lipinski definition) is 2. The molecular formula is C12H17NO2. The zero-order valence-electron chi connectivity index (χ0n) is 9.25. The van der Waals surface area contributed by atoms with Crippen LogP contribution in [0, 0.1) is 0 Å². The Balaban J connectivity index is 2.46. The van der Waals surface area contributed by atoms with Crippen LogP contribution in [0.5, 0.6) is 5.75 Å². The lowest BCUT2D eigenvalue weighted by Gasteiger charge is -2.04. The van der Waals surface area contributed by atoms with Crippen LogP contribution in [-0.4, -0.2) is 19.6 Å². The smallest absolute Gasteiger partial charge is 0.224 e. The Morgan fingerprint density at radius 2 is 2.00 bits per heavy atom. The van der Waals surface area contributed by atoms with Crippen LogP contribution in [0.3, 0.4) is 0 Å². The second-order valence-electron chi connectivity index (χ2n) is 3.37. The lowest BCUT2D eigenvalue weighted by atomic mass is 10.1. The van der Waals surface area contributed by atoms with Gasteiger partial charge in [0.25, 0.3) is 0 Å². The van der Waals surface area contributed by atoms with Gasteiger partial charge in [-0.2, -0.15) is 0 Å². The van der Waals surface area contributed by atoms with E-state index in [2.05, 4.69) is 5.32 Å². The molecule has 1 aromatic rings. The minimum Gasteiger partial charge on any atom is -0.497 e. The fourth-order valence-corrected chi connectivity index (χ4v) is 1.26. The lowest BCUT2D eigenvalue weighted by Crippen LogP contribution is -2.25. The number of benzene rings is 1.